The molecule has 6 nitrogen and oxygen atoms in total. The minimum Gasteiger partial charge on any atom is -0.350 e. The first-order chi connectivity index (χ1) is 13.7. The minimum absolute atomic E-state index is 0.0837. The molecule has 2 heterocycles. The Hall–Kier alpha value is -2.99. The van der Waals surface area contributed by atoms with Crippen molar-refractivity contribution in [2.75, 3.05) is 13.1 Å². The Labute approximate surface area is 163 Å². The Bertz CT molecular complexity index is 1040. The normalized spacial score (nSPS) is 14.4. The Morgan fingerprint density at radius 1 is 1.04 bits per heavy atom. The smallest absolute Gasteiger partial charge is 0.242 e. The SMILES string of the molecule is O=C(Cn1ncc(=O)c2ccccc21)NCc1ccccc1C[NH+]1CCCC1. The summed E-state index contributed by atoms with van der Waals surface area (Å²) in [6, 6.07) is 15.5. The van der Waals surface area contributed by atoms with Gasteiger partial charge in [0.1, 0.15) is 13.1 Å². The van der Waals surface area contributed by atoms with Crippen LogP contribution in [0.5, 0.6) is 0 Å². The first-order valence-corrected chi connectivity index (χ1v) is 9.82. The third-order valence-electron chi connectivity index (χ3n) is 5.40. The quantitative estimate of drug-likeness (QED) is 0.671. The van der Waals surface area contributed by atoms with Gasteiger partial charge < -0.3 is 10.2 Å². The number of aromatic nitrogens is 2. The van der Waals surface area contributed by atoms with Gasteiger partial charge in [0.2, 0.25) is 11.3 Å². The van der Waals surface area contributed by atoms with Crippen molar-refractivity contribution in [1.29, 1.82) is 0 Å². The number of fused-ring (bicyclic) bond motifs is 1. The van der Waals surface area contributed by atoms with Crippen molar-refractivity contribution in [2.24, 2.45) is 0 Å². The van der Waals surface area contributed by atoms with Crippen molar-refractivity contribution in [3.05, 3.63) is 76.1 Å². The molecule has 1 aliphatic rings. The molecule has 2 N–H and O–H groups in total. The number of benzene rings is 2. The van der Waals surface area contributed by atoms with Gasteiger partial charge in [0.15, 0.2) is 0 Å². The maximum absolute atomic E-state index is 12.5. The fourth-order valence-electron chi connectivity index (χ4n) is 3.90. The zero-order valence-corrected chi connectivity index (χ0v) is 15.9. The van der Waals surface area contributed by atoms with Gasteiger partial charge in [0, 0.05) is 30.3 Å². The van der Waals surface area contributed by atoms with E-state index in [9.17, 15) is 9.59 Å². The van der Waals surface area contributed by atoms with Crippen LogP contribution in [-0.4, -0.2) is 28.8 Å². The molecule has 0 spiro atoms. The van der Waals surface area contributed by atoms with E-state index in [0.717, 1.165) is 12.1 Å². The lowest BCUT2D eigenvalue weighted by molar-refractivity contribution is -0.901. The van der Waals surface area contributed by atoms with Crippen molar-refractivity contribution in [3.63, 3.8) is 0 Å². The Balaban J connectivity index is 1.43. The standard InChI is InChI=1S/C22H24N4O2/c27-21-14-24-26(20-10-4-3-9-19(20)21)16-22(28)23-13-17-7-1-2-8-18(17)15-25-11-5-6-12-25/h1-4,7-10,14H,5-6,11-13,15-16H2,(H,23,28)/p+1. The van der Waals surface area contributed by atoms with Gasteiger partial charge in [-0.2, -0.15) is 5.10 Å². The zero-order chi connectivity index (χ0) is 19.3. The summed E-state index contributed by atoms with van der Waals surface area (Å²) >= 11 is 0. The number of nitrogens with zero attached hydrogens (tertiary/aromatic N) is 2. The van der Waals surface area contributed by atoms with Crippen molar-refractivity contribution >= 4 is 16.8 Å². The maximum atomic E-state index is 12.5. The van der Waals surface area contributed by atoms with E-state index in [1.54, 1.807) is 15.6 Å². The number of quaternary nitrogens is 1. The van der Waals surface area contributed by atoms with E-state index < -0.39 is 0 Å². The fourth-order valence-corrected chi connectivity index (χ4v) is 3.90. The third kappa shape index (κ3) is 4.12. The predicted molar refractivity (Wildman–Crippen MR) is 108 cm³/mol. The van der Waals surface area contributed by atoms with Crippen LogP contribution in [0.25, 0.3) is 10.9 Å². The molecule has 144 valence electrons. The van der Waals surface area contributed by atoms with Gasteiger partial charge in [-0.15, -0.1) is 0 Å². The highest BCUT2D eigenvalue weighted by atomic mass is 16.2. The third-order valence-corrected chi connectivity index (χ3v) is 5.40. The van der Waals surface area contributed by atoms with Gasteiger partial charge in [-0.1, -0.05) is 36.4 Å². The number of nitrogens with one attached hydrogen (secondary N) is 2. The van der Waals surface area contributed by atoms with E-state index in [4.69, 9.17) is 0 Å². The van der Waals surface area contributed by atoms with E-state index in [1.165, 1.54) is 37.7 Å². The summed E-state index contributed by atoms with van der Waals surface area (Å²) in [5.74, 6) is -0.121. The summed E-state index contributed by atoms with van der Waals surface area (Å²) in [5.41, 5.74) is 2.99. The molecule has 6 heteroatoms. The average Bonchev–Trinajstić information content (AvgIpc) is 3.23. The fraction of sp³-hybridized carbons (Fsp3) is 0.318. The lowest BCUT2D eigenvalue weighted by Crippen LogP contribution is -3.08. The largest absolute Gasteiger partial charge is 0.350 e. The number of carbonyl (C=O) groups excluding carboxylic acids is 1. The predicted octanol–water partition coefficient (Wildman–Crippen LogP) is 0.892. The lowest BCUT2D eigenvalue weighted by Gasteiger charge is -2.16. The molecular weight excluding hydrogens is 352 g/mol. The van der Waals surface area contributed by atoms with Crippen LogP contribution in [0.15, 0.2) is 59.5 Å². The number of amides is 1. The summed E-state index contributed by atoms with van der Waals surface area (Å²) < 4.78 is 1.58. The molecule has 1 fully saturated rings. The van der Waals surface area contributed by atoms with Crippen molar-refractivity contribution in [3.8, 4) is 0 Å². The number of hydrogen-bond donors (Lipinski definition) is 2. The second-order valence-electron chi connectivity index (χ2n) is 7.36. The van der Waals surface area contributed by atoms with Crippen LogP contribution in [0.3, 0.4) is 0 Å². The van der Waals surface area contributed by atoms with Gasteiger partial charge in [0.25, 0.3) is 0 Å². The Kier molecular flexibility index (Phi) is 5.48. The highest BCUT2D eigenvalue weighted by Gasteiger charge is 2.17. The molecule has 1 amide bonds. The van der Waals surface area contributed by atoms with Crippen molar-refractivity contribution in [1.82, 2.24) is 15.1 Å². The highest BCUT2D eigenvalue weighted by molar-refractivity contribution is 5.81. The monoisotopic (exact) mass is 377 g/mol. The molecule has 1 aromatic heterocycles. The second kappa shape index (κ2) is 8.35. The van der Waals surface area contributed by atoms with Gasteiger partial charge in [-0.05, 0) is 17.7 Å². The van der Waals surface area contributed by atoms with Gasteiger partial charge in [-0.25, -0.2) is 0 Å². The van der Waals surface area contributed by atoms with Gasteiger partial charge >= 0.3 is 0 Å². The van der Waals surface area contributed by atoms with E-state index in [1.807, 2.05) is 24.3 Å². The molecule has 0 unspecified atom stereocenters. The average molecular weight is 377 g/mol. The van der Waals surface area contributed by atoms with E-state index in [0.29, 0.717) is 17.4 Å². The number of carbonyl (C=O) groups is 1. The summed E-state index contributed by atoms with van der Waals surface area (Å²) in [6.07, 6.45) is 3.87. The zero-order valence-electron chi connectivity index (χ0n) is 15.9. The van der Waals surface area contributed by atoms with Crippen LogP contribution in [0.1, 0.15) is 24.0 Å². The first-order valence-electron chi connectivity index (χ1n) is 9.82. The Morgan fingerprint density at radius 3 is 2.57 bits per heavy atom. The van der Waals surface area contributed by atoms with E-state index >= 15 is 0 Å². The molecule has 1 saturated heterocycles. The molecule has 2 aromatic carbocycles. The van der Waals surface area contributed by atoms with Crippen LogP contribution in [0, 0.1) is 0 Å². The van der Waals surface area contributed by atoms with E-state index in [2.05, 4.69) is 28.6 Å². The van der Waals surface area contributed by atoms with Crippen LogP contribution in [0.2, 0.25) is 0 Å². The van der Waals surface area contributed by atoms with Crippen LogP contribution < -0.4 is 15.6 Å². The van der Waals surface area contributed by atoms with Crippen molar-refractivity contribution in [2.45, 2.75) is 32.5 Å². The molecule has 28 heavy (non-hydrogen) atoms. The van der Waals surface area contributed by atoms with Crippen LogP contribution >= 0.6 is 0 Å². The lowest BCUT2D eigenvalue weighted by atomic mass is 10.1. The second-order valence-corrected chi connectivity index (χ2v) is 7.36. The summed E-state index contributed by atoms with van der Waals surface area (Å²) in [6.45, 7) is 4.05. The molecular formula is C22H25N4O2+. The molecule has 1 aliphatic heterocycles. The molecule has 0 saturated carbocycles. The maximum Gasteiger partial charge on any atom is 0.242 e. The first kappa shape index (κ1) is 18.4. The van der Waals surface area contributed by atoms with Crippen LogP contribution in [-0.2, 0) is 24.4 Å². The van der Waals surface area contributed by atoms with Crippen LogP contribution in [0.4, 0.5) is 0 Å². The highest BCUT2D eigenvalue weighted by Crippen LogP contribution is 2.09. The van der Waals surface area contributed by atoms with E-state index in [-0.39, 0.29) is 17.9 Å². The molecule has 4 rings (SSSR count). The molecule has 0 bridgehead atoms. The molecule has 0 radical (unpaired) electrons. The van der Waals surface area contributed by atoms with Gasteiger partial charge in [-0.3, -0.25) is 14.3 Å². The number of likely N-dealkylation sites (tertiary alicyclic amines) is 1. The summed E-state index contributed by atoms with van der Waals surface area (Å²) in [5, 5.41) is 7.71. The number of rotatable bonds is 6. The topological polar surface area (TPSA) is 68.4 Å². The molecule has 0 atom stereocenters. The Morgan fingerprint density at radius 2 is 1.75 bits per heavy atom. The van der Waals surface area contributed by atoms with Gasteiger partial charge in [0.05, 0.1) is 24.8 Å². The number of hydrogen-bond acceptors (Lipinski definition) is 3. The van der Waals surface area contributed by atoms with Crippen molar-refractivity contribution < 1.29 is 9.69 Å². The molecule has 3 aromatic rings. The summed E-state index contributed by atoms with van der Waals surface area (Å²) in [4.78, 5) is 26.1. The minimum atomic E-state index is -0.134. The summed E-state index contributed by atoms with van der Waals surface area (Å²) in [7, 11) is 0. The number of para-hydroxylation sites is 1. The molecule has 0 aliphatic carbocycles.